The van der Waals surface area contributed by atoms with Crippen LogP contribution in [0, 0.1) is 0 Å². The largest absolute Gasteiger partial charge is 0.480 e. The lowest BCUT2D eigenvalue weighted by Gasteiger charge is -2.01. The predicted molar refractivity (Wildman–Crippen MR) is 65.4 cm³/mol. The van der Waals surface area contributed by atoms with Gasteiger partial charge in [-0.2, -0.15) is 0 Å². The molecular weight excluding hydrogens is 234 g/mol. The van der Waals surface area contributed by atoms with E-state index in [0.717, 1.165) is 5.39 Å². The van der Waals surface area contributed by atoms with Crippen molar-refractivity contribution in [2.75, 3.05) is 11.9 Å². The van der Waals surface area contributed by atoms with E-state index in [1.807, 2.05) is 24.3 Å². The molecule has 6 nitrogen and oxygen atoms in total. The fourth-order valence-corrected chi connectivity index (χ4v) is 1.81. The van der Waals surface area contributed by atoms with Gasteiger partial charge in [0.25, 0.3) is 0 Å². The Hall–Kier alpha value is -2.63. The number of carbonyl (C=O) groups is 1. The normalized spacial score (nSPS) is 10.9. The summed E-state index contributed by atoms with van der Waals surface area (Å²) in [6.45, 7) is -0.219. The summed E-state index contributed by atoms with van der Waals surface area (Å²) >= 11 is 0. The smallest absolute Gasteiger partial charge is 0.322 e. The highest BCUT2D eigenvalue weighted by molar-refractivity contribution is 6.05. The molecular formula is C12H9N3O3. The molecule has 0 bridgehead atoms. The van der Waals surface area contributed by atoms with Gasteiger partial charge in [0, 0.05) is 5.39 Å². The van der Waals surface area contributed by atoms with E-state index in [2.05, 4.69) is 15.3 Å². The SMILES string of the molecule is O=C(O)CNc1ncnc2c1oc1ccccc12. The van der Waals surface area contributed by atoms with E-state index < -0.39 is 5.97 Å². The Bertz CT molecular complexity index is 736. The van der Waals surface area contributed by atoms with E-state index >= 15 is 0 Å². The van der Waals surface area contributed by atoms with E-state index in [1.165, 1.54) is 6.33 Å². The molecule has 0 saturated heterocycles. The molecule has 0 amide bonds. The number of hydrogen-bond acceptors (Lipinski definition) is 5. The van der Waals surface area contributed by atoms with E-state index in [9.17, 15) is 4.79 Å². The van der Waals surface area contributed by atoms with Gasteiger partial charge < -0.3 is 14.8 Å². The molecule has 0 saturated carbocycles. The van der Waals surface area contributed by atoms with E-state index in [4.69, 9.17) is 9.52 Å². The number of benzene rings is 1. The molecule has 6 heteroatoms. The molecule has 0 aliphatic rings. The Morgan fingerprint density at radius 3 is 3.00 bits per heavy atom. The van der Waals surface area contributed by atoms with Gasteiger partial charge >= 0.3 is 5.97 Å². The number of aliphatic carboxylic acids is 1. The lowest BCUT2D eigenvalue weighted by atomic mass is 10.2. The third kappa shape index (κ3) is 1.64. The molecule has 2 N–H and O–H groups in total. The zero-order valence-corrected chi connectivity index (χ0v) is 9.25. The zero-order chi connectivity index (χ0) is 12.5. The van der Waals surface area contributed by atoms with Crippen molar-refractivity contribution in [3.63, 3.8) is 0 Å². The number of carboxylic acid groups (broad SMARTS) is 1. The van der Waals surface area contributed by atoms with Crippen LogP contribution in [0.3, 0.4) is 0 Å². The summed E-state index contributed by atoms with van der Waals surface area (Å²) in [6.07, 6.45) is 1.38. The third-order valence-corrected chi connectivity index (χ3v) is 2.57. The van der Waals surface area contributed by atoms with Crippen molar-refractivity contribution in [3.8, 4) is 0 Å². The molecule has 0 spiro atoms. The number of nitrogens with one attached hydrogen (secondary N) is 1. The number of aromatic nitrogens is 2. The predicted octanol–water partition coefficient (Wildman–Crippen LogP) is 1.87. The number of fused-ring (bicyclic) bond motifs is 3. The lowest BCUT2D eigenvalue weighted by Crippen LogP contribution is -2.13. The maximum atomic E-state index is 10.5. The van der Waals surface area contributed by atoms with E-state index in [0.29, 0.717) is 22.5 Å². The Labute approximate surface area is 101 Å². The summed E-state index contributed by atoms with van der Waals surface area (Å²) in [5, 5.41) is 12.2. The maximum Gasteiger partial charge on any atom is 0.322 e. The van der Waals surface area contributed by atoms with Crippen LogP contribution in [0.5, 0.6) is 0 Å². The Balaban J connectivity index is 2.18. The van der Waals surface area contributed by atoms with Crippen LogP contribution in [0.15, 0.2) is 35.0 Å². The van der Waals surface area contributed by atoms with Gasteiger partial charge in [-0.1, -0.05) is 12.1 Å². The molecule has 90 valence electrons. The minimum Gasteiger partial charge on any atom is -0.480 e. The van der Waals surface area contributed by atoms with Crippen LogP contribution >= 0.6 is 0 Å². The molecule has 0 aliphatic carbocycles. The average Bonchev–Trinajstić information content (AvgIpc) is 2.75. The number of nitrogens with zero attached hydrogens (tertiary/aromatic N) is 2. The molecule has 2 aromatic heterocycles. The van der Waals surface area contributed by atoms with Crippen LogP contribution in [0.2, 0.25) is 0 Å². The molecule has 1 aromatic carbocycles. The number of para-hydroxylation sites is 1. The van der Waals surface area contributed by atoms with Crippen LogP contribution in [0.4, 0.5) is 5.82 Å². The first-order chi connectivity index (χ1) is 8.75. The first-order valence-corrected chi connectivity index (χ1v) is 5.33. The van der Waals surface area contributed by atoms with Gasteiger partial charge in [-0.15, -0.1) is 0 Å². The molecule has 3 rings (SSSR count). The van der Waals surface area contributed by atoms with Gasteiger partial charge in [0.2, 0.25) is 0 Å². The minimum atomic E-state index is -0.960. The van der Waals surface area contributed by atoms with Gasteiger partial charge in [-0.3, -0.25) is 4.79 Å². The lowest BCUT2D eigenvalue weighted by molar-refractivity contribution is -0.134. The highest BCUT2D eigenvalue weighted by Gasteiger charge is 2.12. The number of hydrogen-bond donors (Lipinski definition) is 2. The summed E-state index contributed by atoms with van der Waals surface area (Å²) in [7, 11) is 0. The summed E-state index contributed by atoms with van der Waals surface area (Å²) in [5.41, 5.74) is 1.85. The minimum absolute atomic E-state index is 0.219. The monoisotopic (exact) mass is 243 g/mol. The highest BCUT2D eigenvalue weighted by atomic mass is 16.4. The van der Waals surface area contributed by atoms with Crippen molar-refractivity contribution < 1.29 is 14.3 Å². The highest BCUT2D eigenvalue weighted by Crippen LogP contribution is 2.29. The fraction of sp³-hybridized carbons (Fsp3) is 0.0833. The Morgan fingerprint density at radius 1 is 1.33 bits per heavy atom. The van der Waals surface area contributed by atoms with Crippen LogP contribution < -0.4 is 5.32 Å². The number of rotatable bonds is 3. The van der Waals surface area contributed by atoms with Crippen molar-refractivity contribution in [1.29, 1.82) is 0 Å². The van der Waals surface area contributed by atoms with Crippen molar-refractivity contribution >= 4 is 33.9 Å². The first-order valence-electron chi connectivity index (χ1n) is 5.33. The van der Waals surface area contributed by atoms with Gasteiger partial charge in [0.05, 0.1) is 0 Å². The van der Waals surface area contributed by atoms with Gasteiger partial charge in [0.15, 0.2) is 11.4 Å². The molecule has 18 heavy (non-hydrogen) atoms. The van der Waals surface area contributed by atoms with Gasteiger partial charge in [-0.05, 0) is 12.1 Å². The number of anilines is 1. The van der Waals surface area contributed by atoms with Gasteiger partial charge in [0.1, 0.15) is 24.0 Å². The topological polar surface area (TPSA) is 88.2 Å². The fourth-order valence-electron chi connectivity index (χ4n) is 1.81. The second kappa shape index (κ2) is 3.99. The van der Waals surface area contributed by atoms with Crippen LogP contribution in [0.25, 0.3) is 22.1 Å². The number of carboxylic acids is 1. The standard InChI is InChI=1S/C12H9N3O3/c16-9(17)5-13-12-11-10(14-6-15-12)7-3-1-2-4-8(7)18-11/h1-4,6H,5H2,(H,16,17)(H,13,14,15). The van der Waals surface area contributed by atoms with Crippen molar-refractivity contribution in [2.45, 2.75) is 0 Å². The van der Waals surface area contributed by atoms with Crippen LogP contribution in [0.1, 0.15) is 0 Å². The Kier molecular flexibility index (Phi) is 2.33. The zero-order valence-electron chi connectivity index (χ0n) is 9.25. The third-order valence-electron chi connectivity index (χ3n) is 2.57. The summed E-state index contributed by atoms with van der Waals surface area (Å²) in [4.78, 5) is 18.7. The summed E-state index contributed by atoms with van der Waals surface area (Å²) in [5.74, 6) is -0.573. The second-order valence-electron chi connectivity index (χ2n) is 3.75. The van der Waals surface area contributed by atoms with Gasteiger partial charge in [-0.25, -0.2) is 9.97 Å². The maximum absolute atomic E-state index is 10.5. The second-order valence-corrected chi connectivity index (χ2v) is 3.75. The molecule has 3 aromatic rings. The van der Waals surface area contributed by atoms with Crippen LogP contribution in [-0.2, 0) is 4.79 Å². The average molecular weight is 243 g/mol. The molecule has 0 fully saturated rings. The Morgan fingerprint density at radius 2 is 2.17 bits per heavy atom. The quantitative estimate of drug-likeness (QED) is 0.730. The summed E-state index contributed by atoms with van der Waals surface area (Å²) < 4.78 is 5.64. The molecule has 0 atom stereocenters. The summed E-state index contributed by atoms with van der Waals surface area (Å²) in [6, 6.07) is 7.49. The molecule has 0 radical (unpaired) electrons. The van der Waals surface area contributed by atoms with E-state index in [-0.39, 0.29) is 6.54 Å². The number of furan rings is 1. The molecule has 2 heterocycles. The molecule has 0 aliphatic heterocycles. The molecule has 0 unspecified atom stereocenters. The first kappa shape index (κ1) is 10.5. The van der Waals surface area contributed by atoms with Crippen molar-refractivity contribution in [1.82, 2.24) is 9.97 Å². The van der Waals surface area contributed by atoms with E-state index in [1.54, 1.807) is 0 Å². The van der Waals surface area contributed by atoms with Crippen LogP contribution in [-0.4, -0.2) is 27.6 Å². The van der Waals surface area contributed by atoms with Crippen molar-refractivity contribution in [2.24, 2.45) is 0 Å². The van der Waals surface area contributed by atoms with Crippen molar-refractivity contribution in [3.05, 3.63) is 30.6 Å².